The van der Waals surface area contributed by atoms with Gasteiger partial charge in [-0.3, -0.25) is 0 Å². The average molecular weight is 379 g/mol. The van der Waals surface area contributed by atoms with E-state index in [1.165, 1.54) is 0 Å². The lowest BCUT2D eigenvalue weighted by atomic mass is 10.2. The van der Waals surface area contributed by atoms with Crippen LogP contribution in [0.4, 0.5) is 0 Å². The second kappa shape index (κ2) is 5.66. The van der Waals surface area contributed by atoms with Crippen LogP contribution >= 0.6 is 34.2 Å². The fraction of sp³-hybridized carbons (Fsp3) is 0.182. The molecule has 1 aromatic heterocycles. The average Bonchev–Trinajstić information content (AvgIpc) is 2.82. The van der Waals surface area contributed by atoms with Gasteiger partial charge in [0.2, 0.25) is 5.89 Å². The summed E-state index contributed by atoms with van der Waals surface area (Å²) in [6, 6.07) is 5.31. The predicted molar refractivity (Wildman–Crippen MR) is 73.4 cm³/mol. The molecule has 0 aliphatic heterocycles. The van der Waals surface area contributed by atoms with Crippen LogP contribution in [0.25, 0.3) is 11.5 Å². The van der Waals surface area contributed by atoms with Crippen molar-refractivity contribution in [3.05, 3.63) is 32.7 Å². The number of hydrogen-bond donors (Lipinski definition) is 0. The Balaban J connectivity index is 2.29. The van der Waals surface area contributed by atoms with E-state index in [1.807, 2.05) is 6.07 Å². The van der Waals surface area contributed by atoms with E-state index < -0.39 is 5.97 Å². The number of aromatic nitrogens is 2. The third-order valence-corrected chi connectivity index (χ3v) is 3.61. The standard InChI is InChI=1S/C11H8ClIN2O3/c1-2-17-11(16)10-15-14-9(18-10)6-3-4-8(13)7(12)5-6/h3-5H,2H2,1H3. The molecule has 0 radical (unpaired) electrons. The minimum absolute atomic E-state index is 0.165. The quantitative estimate of drug-likeness (QED) is 0.606. The lowest BCUT2D eigenvalue weighted by molar-refractivity contribution is 0.0481. The van der Waals surface area contributed by atoms with Crippen molar-refractivity contribution in [2.75, 3.05) is 6.61 Å². The van der Waals surface area contributed by atoms with Gasteiger partial charge in [0, 0.05) is 9.13 Å². The van der Waals surface area contributed by atoms with Gasteiger partial charge in [0.1, 0.15) is 0 Å². The fourth-order valence-electron chi connectivity index (χ4n) is 1.24. The number of esters is 1. The van der Waals surface area contributed by atoms with E-state index in [-0.39, 0.29) is 18.4 Å². The molecule has 7 heteroatoms. The highest BCUT2D eigenvalue weighted by Crippen LogP contribution is 2.25. The number of carbonyl (C=O) groups is 1. The van der Waals surface area contributed by atoms with Crippen molar-refractivity contribution in [3.63, 3.8) is 0 Å². The van der Waals surface area contributed by atoms with E-state index in [2.05, 4.69) is 32.8 Å². The third-order valence-electron chi connectivity index (χ3n) is 2.04. The molecule has 0 aliphatic rings. The van der Waals surface area contributed by atoms with Gasteiger partial charge in [0.25, 0.3) is 0 Å². The van der Waals surface area contributed by atoms with Gasteiger partial charge in [-0.1, -0.05) is 11.6 Å². The Bertz CT molecular complexity index is 585. The summed E-state index contributed by atoms with van der Waals surface area (Å²) < 4.78 is 10.9. The topological polar surface area (TPSA) is 65.2 Å². The lowest BCUT2D eigenvalue weighted by Crippen LogP contribution is -2.04. The first kappa shape index (κ1) is 13.3. The lowest BCUT2D eigenvalue weighted by Gasteiger charge is -1.98. The first-order chi connectivity index (χ1) is 8.61. The number of nitrogens with zero attached hydrogens (tertiary/aromatic N) is 2. The Hall–Kier alpha value is -1.15. The molecule has 0 atom stereocenters. The van der Waals surface area contributed by atoms with Crippen LogP contribution in [0.15, 0.2) is 22.6 Å². The van der Waals surface area contributed by atoms with Gasteiger partial charge in [-0.25, -0.2) is 4.79 Å². The van der Waals surface area contributed by atoms with Crippen molar-refractivity contribution < 1.29 is 13.9 Å². The highest BCUT2D eigenvalue weighted by molar-refractivity contribution is 14.1. The summed E-state index contributed by atoms with van der Waals surface area (Å²) in [6.45, 7) is 1.96. The van der Waals surface area contributed by atoms with E-state index >= 15 is 0 Å². The normalized spacial score (nSPS) is 10.4. The van der Waals surface area contributed by atoms with Crippen LogP contribution in [0, 0.1) is 3.57 Å². The maximum atomic E-state index is 11.4. The zero-order valence-electron chi connectivity index (χ0n) is 9.31. The molecule has 5 nitrogen and oxygen atoms in total. The maximum Gasteiger partial charge on any atom is 0.396 e. The minimum atomic E-state index is -0.632. The largest absolute Gasteiger partial charge is 0.459 e. The summed E-state index contributed by atoms with van der Waals surface area (Å²) in [5, 5.41) is 8.00. The molecule has 0 spiro atoms. The van der Waals surface area contributed by atoms with Crippen LogP contribution in [0.2, 0.25) is 5.02 Å². The number of rotatable bonds is 3. The van der Waals surface area contributed by atoms with Crippen molar-refractivity contribution in [2.45, 2.75) is 6.92 Å². The van der Waals surface area contributed by atoms with Gasteiger partial charge in [-0.2, -0.15) is 0 Å². The van der Waals surface area contributed by atoms with Crippen LogP contribution in [0.3, 0.4) is 0 Å². The molecule has 0 saturated carbocycles. The van der Waals surface area contributed by atoms with Crippen LogP contribution in [-0.2, 0) is 4.74 Å². The molecule has 0 saturated heterocycles. The minimum Gasteiger partial charge on any atom is -0.459 e. The van der Waals surface area contributed by atoms with E-state index in [9.17, 15) is 4.79 Å². The summed E-state index contributed by atoms with van der Waals surface area (Å²) in [6.07, 6.45) is 0. The highest BCUT2D eigenvalue weighted by atomic mass is 127. The Morgan fingerprint density at radius 1 is 1.50 bits per heavy atom. The van der Waals surface area contributed by atoms with E-state index in [0.29, 0.717) is 10.6 Å². The molecule has 18 heavy (non-hydrogen) atoms. The summed E-state index contributed by atoms with van der Waals surface area (Å²) in [5.41, 5.74) is 0.656. The molecule has 1 heterocycles. The van der Waals surface area contributed by atoms with Crippen LogP contribution in [0.5, 0.6) is 0 Å². The van der Waals surface area contributed by atoms with E-state index in [4.69, 9.17) is 20.8 Å². The zero-order valence-corrected chi connectivity index (χ0v) is 12.2. The number of halogens is 2. The molecule has 0 aliphatic carbocycles. The first-order valence-electron chi connectivity index (χ1n) is 5.08. The number of hydrogen-bond acceptors (Lipinski definition) is 5. The maximum absolute atomic E-state index is 11.4. The Morgan fingerprint density at radius 2 is 2.28 bits per heavy atom. The van der Waals surface area contributed by atoms with Gasteiger partial charge in [0.15, 0.2) is 0 Å². The molecule has 94 valence electrons. The van der Waals surface area contributed by atoms with Crippen molar-refractivity contribution >= 4 is 40.2 Å². The first-order valence-corrected chi connectivity index (χ1v) is 6.53. The number of ether oxygens (including phenoxy) is 1. The van der Waals surface area contributed by atoms with Crippen molar-refractivity contribution in [1.29, 1.82) is 0 Å². The second-order valence-corrected chi connectivity index (χ2v) is 4.83. The summed E-state index contributed by atoms with van der Waals surface area (Å²) in [7, 11) is 0. The zero-order chi connectivity index (χ0) is 13.1. The number of carbonyl (C=O) groups excluding carboxylic acids is 1. The Kier molecular flexibility index (Phi) is 4.18. The van der Waals surface area contributed by atoms with E-state index in [0.717, 1.165) is 3.57 Å². The predicted octanol–water partition coefficient (Wildman–Crippen LogP) is 3.17. The summed E-state index contributed by atoms with van der Waals surface area (Å²) >= 11 is 8.11. The molecule has 1 aromatic carbocycles. The molecule has 0 unspecified atom stereocenters. The molecular weight excluding hydrogens is 370 g/mol. The Morgan fingerprint density at radius 3 is 2.94 bits per heavy atom. The van der Waals surface area contributed by atoms with E-state index in [1.54, 1.807) is 19.1 Å². The van der Waals surface area contributed by atoms with Gasteiger partial charge < -0.3 is 9.15 Å². The van der Waals surface area contributed by atoms with Crippen molar-refractivity contribution in [3.8, 4) is 11.5 Å². The smallest absolute Gasteiger partial charge is 0.396 e. The van der Waals surface area contributed by atoms with Gasteiger partial charge >= 0.3 is 11.9 Å². The Labute approximate surface area is 122 Å². The highest BCUT2D eigenvalue weighted by Gasteiger charge is 2.17. The second-order valence-electron chi connectivity index (χ2n) is 3.26. The molecule has 0 fully saturated rings. The van der Waals surface area contributed by atoms with Gasteiger partial charge in [0.05, 0.1) is 11.6 Å². The summed E-state index contributed by atoms with van der Waals surface area (Å²) in [5.74, 6) is -0.564. The van der Waals surface area contributed by atoms with Crippen LogP contribution < -0.4 is 0 Å². The van der Waals surface area contributed by atoms with Crippen LogP contribution in [0.1, 0.15) is 17.6 Å². The van der Waals surface area contributed by atoms with Crippen molar-refractivity contribution in [1.82, 2.24) is 10.2 Å². The number of benzene rings is 1. The molecule has 0 bridgehead atoms. The van der Waals surface area contributed by atoms with Crippen molar-refractivity contribution in [2.24, 2.45) is 0 Å². The molecule has 0 amide bonds. The molecular formula is C11H8ClIN2O3. The molecule has 0 N–H and O–H groups in total. The third kappa shape index (κ3) is 2.81. The molecule has 2 rings (SSSR count). The fourth-order valence-corrected chi connectivity index (χ4v) is 1.76. The SMILES string of the molecule is CCOC(=O)c1nnc(-c2ccc(I)c(Cl)c2)o1. The molecule has 2 aromatic rings. The van der Waals surface area contributed by atoms with Gasteiger partial charge in [-0.05, 0) is 47.7 Å². The van der Waals surface area contributed by atoms with Gasteiger partial charge in [-0.15, -0.1) is 10.2 Å². The van der Waals surface area contributed by atoms with Crippen LogP contribution in [-0.4, -0.2) is 22.8 Å². The monoisotopic (exact) mass is 378 g/mol. The summed E-state index contributed by atoms with van der Waals surface area (Å²) in [4.78, 5) is 11.4.